The first-order chi connectivity index (χ1) is 13.2. The molecule has 0 aromatic heterocycles. The van der Waals surface area contributed by atoms with Crippen molar-refractivity contribution in [2.45, 2.75) is 58.2 Å². The second-order valence-corrected chi connectivity index (χ2v) is 7.77. The Morgan fingerprint density at radius 3 is 2.96 bits per heavy atom. The van der Waals surface area contributed by atoms with Crippen molar-refractivity contribution in [1.29, 1.82) is 0 Å². The minimum Gasteiger partial charge on any atom is -0.454 e. The highest BCUT2D eigenvalue weighted by molar-refractivity contribution is 5.84. The maximum absolute atomic E-state index is 13.1. The van der Waals surface area contributed by atoms with E-state index in [0.717, 1.165) is 37.3 Å². The Bertz CT molecular complexity index is 695. The lowest BCUT2D eigenvalue weighted by atomic mass is 9.71. The Balaban J connectivity index is 1.45. The smallest absolute Gasteiger partial charge is 0.231 e. The fourth-order valence-electron chi connectivity index (χ4n) is 5.14. The Labute approximate surface area is 161 Å². The molecule has 0 spiro atoms. The lowest BCUT2D eigenvalue weighted by Gasteiger charge is -2.35. The number of rotatable bonds is 8. The van der Waals surface area contributed by atoms with Gasteiger partial charge in [-0.15, -0.1) is 0 Å². The van der Waals surface area contributed by atoms with E-state index in [2.05, 4.69) is 29.3 Å². The highest BCUT2D eigenvalue weighted by Crippen LogP contribution is 2.52. The van der Waals surface area contributed by atoms with Gasteiger partial charge in [0.15, 0.2) is 11.5 Å². The zero-order valence-corrected chi connectivity index (χ0v) is 16.3. The zero-order chi connectivity index (χ0) is 18.9. The SMILES string of the molecule is CCOCCNC(=O)[C@]1(CC)C[C@@H]2CC[C@H]1N2Cc1ccc2c(c1)OCO2. The van der Waals surface area contributed by atoms with E-state index < -0.39 is 0 Å². The van der Waals surface area contributed by atoms with E-state index in [0.29, 0.717) is 38.6 Å². The molecule has 2 saturated heterocycles. The molecule has 27 heavy (non-hydrogen) atoms. The summed E-state index contributed by atoms with van der Waals surface area (Å²) in [5.41, 5.74) is 0.950. The van der Waals surface area contributed by atoms with Crippen LogP contribution in [0, 0.1) is 5.41 Å². The number of hydrogen-bond donors (Lipinski definition) is 1. The third-order valence-corrected chi connectivity index (χ3v) is 6.50. The number of hydrogen-bond acceptors (Lipinski definition) is 5. The average Bonchev–Trinajstić information content (AvgIpc) is 3.38. The highest BCUT2D eigenvalue weighted by atomic mass is 16.7. The van der Waals surface area contributed by atoms with Crippen molar-refractivity contribution in [3.63, 3.8) is 0 Å². The number of nitrogens with one attached hydrogen (secondary N) is 1. The lowest BCUT2D eigenvalue weighted by Crippen LogP contribution is -2.49. The van der Waals surface area contributed by atoms with E-state index >= 15 is 0 Å². The molecule has 6 nitrogen and oxygen atoms in total. The Kier molecular flexibility index (Phi) is 5.28. The fourth-order valence-corrected chi connectivity index (χ4v) is 5.14. The van der Waals surface area contributed by atoms with E-state index in [1.54, 1.807) is 0 Å². The van der Waals surface area contributed by atoms with E-state index in [-0.39, 0.29) is 11.3 Å². The molecule has 148 valence electrons. The van der Waals surface area contributed by atoms with Crippen molar-refractivity contribution < 1.29 is 19.0 Å². The summed E-state index contributed by atoms with van der Waals surface area (Å²) in [5, 5.41) is 3.13. The van der Waals surface area contributed by atoms with Crippen LogP contribution in [-0.2, 0) is 16.1 Å². The van der Waals surface area contributed by atoms with Crippen LogP contribution in [0.5, 0.6) is 11.5 Å². The first-order valence-electron chi connectivity index (χ1n) is 10.2. The normalized spacial score (nSPS) is 28.7. The fraction of sp³-hybridized carbons (Fsp3) is 0.667. The van der Waals surface area contributed by atoms with Crippen molar-refractivity contribution in [1.82, 2.24) is 10.2 Å². The van der Waals surface area contributed by atoms with E-state index in [1.807, 2.05) is 13.0 Å². The van der Waals surface area contributed by atoms with Crippen molar-refractivity contribution in [3.05, 3.63) is 23.8 Å². The van der Waals surface area contributed by atoms with Gasteiger partial charge in [0.1, 0.15) is 0 Å². The molecular formula is C21H30N2O4. The molecule has 0 saturated carbocycles. The van der Waals surface area contributed by atoms with Gasteiger partial charge in [0.25, 0.3) is 0 Å². The number of carbonyl (C=O) groups is 1. The molecule has 1 aromatic carbocycles. The van der Waals surface area contributed by atoms with Crippen LogP contribution in [0.15, 0.2) is 18.2 Å². The first kappa shape index (κ1) is 18.6. The standard InChI is InChI=1S/C21H30N2O4/c1-3-21(20(24)22-9-10-25-4-2)12-16-6-8-19(21)23(16)13-15-5-7-17-18(11-15)27-14-26-17/h5,7,11,16,19H,3-4,6,8-10,12-14H2,1-2H3,(H,22,24)/t16-,19+,21+/m0/s1. The summed E-state index contributed by atoms with van der Waals surface area (Å²) in [4.78, 5) is 15.6. The summed E-state index contributed by atoms with van der Waals surface area (Å²) in [7, 11) is 0. The van der Waals surface area contributed by atoms with Crippen molar-refractivity contribution in [2.24, 2.45) is 5.41 Å². The van der Waals surface area contributed by atoms with Crippen molar-refractivity contribution in [2.75, 3.05) is 26.6 Å². The summed E-state index contributed by atoms with van der Waals surface area (Å²) in [6.07, 6.45) is 4.12. The molecule has 3 heterocycles. The van der Waals surface area contributed by atoms with Crippen LogP contribution in [0.25, 0.3) is 0 Å². The number of amides is 1. The van der Waals surface area contributed by atoms with Crippen LogP contribution in [0.4, 0.5) is 0 Å². The predicted molar refractivity (Wildman–Crippen MR) is 102 cm³/mol. The molecule has 2 fully saturated rings. The molecule has 2 bridgehead atoms. The summed E-state index contributed by atoms with van der Waals surface area (Å²) in [5.74, 6) is 1.85. The zero-order valence-electron chi connectivity index (χ0n) is 16.3. The summed E-state index contributed by atoms with van der Waals surface area (Å²) < 4.78 is 16.3. The number of fused-ring (bicyclic) bond motifs is 3. The topological polar surface area (TPSA) is 60.0 Å². The second-order valence-electron chi connectivity index (χ2n) is 7.77. The predicted octanol–water partition coefficient (Wildman–Crippen LogP) is 2.70. The Hall–Kier alpha value is -1.79. The van der Waals surface area contributed by atoms with Gasteiger partial charge in [-0.25, -0.2) is 0 Å². The quantitative estimate of drug-likeness (QED) is 0.709. The molecule has 1 N–H and O–H groups in total. The van der Waals surface area contributed by atoms with Crippen LogP contribution < -0.4 is 14.8 Å². The molecule has 6 heteroatoms. The van der Waals surface area contributed by atoms with Crippen molar-refractivity contribution in [3.8, 4) is 11.5 Å². The Morgan fingerprint density at radius 2 is 2.15 bits per heavy atom. The third-order valence-electron chi connectivity index (χ3n) is 6.50. The van der Waals surface area contributed by atoms with Crippen LogP contribution in [0.1, 0.15) is 45.1 Å². The first-order valence-corrected chi connectivity index (χ1v) is 10.2. The summed E-state index contributed by atoms with van der Waals surface area (Å²) in [6.45, 7) is 7.14. The van der Waals surface area contributed by atoms with Gasteiger partial charge in [0, 0.05) is 31.8 Å². The van der Waals surface area contributed by atoms with Crippen LogP contribution in [0.2, 0.25) is 0 Å². The van der Waals surface area contributed by atoms with E-state index in [9.17, 15) is 4.79 Å². The van der Waals surface area contributed by atoms with Gasteiger partial charge in [-0.1, -0.05) is 13.0 Å². The number of ether oxygens (including phenoxy) is 3. The lowest BCUT2D eigenvalue weighted by molar-refractivity contribution is -0.133. The van der Waals surface area contributed by atoms with Gasteiger partial charge in [-0.05, 0) is 50.3 Å². The molecule has 4 rings (SSSR count). The number of carbonyl (C=O) groups excluding carboxylic acids is 1. The minimum absolute atomic E-state index is 0.201. The van der Waals surface area contributed by atoms with Gasteiger partial charge in [0.05, 0.1) is 12.0 Å². The van der Waals surface area contributed by atoms with E-state index in [1.165, 1.54) is 12.0 Å². The molecule has 3 atom stereocenters. The molecule has 0 unspecified atom stereocenters. The molecule has 1 aromatic rings. The van der Waals surface area contributed by atoms with Gasteiger partial charge >= 0.3 is 0 Å². The monoisotopic (exact) mass is 374 g/mol. The Morgan fingerprint density at radius 1 is 1.30 bits per heavy atom. The second kappa shape index (κ2) is 7.68. The number of nitrogens with zero attached hydrogens (tertiary/aromatic N) is 1. The van der Waals surface area contributed by atoms with Crippen LogP contribution >= 0.6 is 0 Å². The van der Waals surface area contributed by atoms with E-state index in [4.69, 9.17) is 14.2 Å². The third kappa shape index (κ3) is 3.29. The average molecular weight is 374 g/mol. The van der Waals surface area contributed by atoms with Gasteiger partial charge < -0.3 is 19.5 Å². The molecule has 0 radical (unpaired) electrons. The minimum atomic E-state index is -0.272. The van der Waals surface area contributed by atoms with Crippen LogP contribution in [-0.4, -0.2) is 49.4 Å². The summed E-state index contributed by atoms with van der Waals surface area (Å²) >= 11 is 0. The van der Waals surface area contributed by atoms with Gasteiger partial charge in [-0.3, -0.25) is 9.69 Å². The maximum Gasteiger partial charge on any atom is 0.231 e. The van der Waals surface area contributed by atoms with Crippen LogP contribution in [0.3, 0.4) is 0 Å². The van der Waals surface area contributed by atoms with Gasteiger partial charge in [0.2, 0.25) is 12.7 Å². The highest BCUT2D eigenvalue weighted by Gasteiger charge is 2.58. The molecule has 1 amide bonds. The van der Waals surface area contributed by atoms with Crippen molar-refractivity contribution >= 4 is 5.91 Å². The molecule has 0 aliphatic carbocycles. The maximum atomic E-state index is 13.1. The largest absolute Gasteiger partial charge is 0.454 e. The summed E-state index contributed by atoms with van der Waals surface area (Å²) in [6, 6.07) is 6.98. The molecular weight excluding hydrogens is 344 g/mol. The van der Waals surface area contributed by atoms with Gasteiger partial charge in [-0.2, -0.15) is 0 Å². The molecule has 3 aliphatic heterocycles. The number of benzene rings is 1. The molecule has 3 aliphatic rings.